The number of hydrogen-bond acceptors (Lipinski definition) is 2. The van der Waals surface area contributed by atoms with Gasteiger partial charge in [-0.2, -0.15) is 0 Å². The minimum absolute atomic E-state index is 0.00205. The van der Waals surface area contributed by atoms with Crippen LogP contribution >= 0.6 is 8.58 Å². The lowest BCUT2D eigenvalue weighted by atomic mass is 9.89. The van der Waals surface area contributed by atoms with Gasteiger partial charge in [-0.1, -0.05) is 71.7 Å². The first-order chi connectivity index (χ1) is 12.5. The summed E-state index contributed by atoms with van der Waals surface area (Å²) in [7, 11) is 0.652. The molecule has 2 N–H and O–H groups in total. The van der Waals surface area contributed by atoms with E-state index in [1.54, 1.807) is 0 Å². The standard InChI is InChI=1S/C23H34NOP/c1-6-14-23(7-2,20-15-17(4)12-13-21(20)25)26-22-18(5)10-9-11-19(22)16-24-8-3/h9-13,15,24-26H,6-8,14,16H2,1-5H3. The topological polar surface area (TPSA) is 32.3 Å². The maximum Gasteiger partial charge on any atom is 0.119 e. The molecule has 0 amide bonds. The van der Waals surface area contributed by atoms with Crippen LogP contribution < -0.4 is 10.6 Å². The van der Waals surface area contributed by atoms with Gasteiger partial charge >= 0.3 is 0 Å². The van der Waals surface area contributed by atoms with E-state index in [0.29, 0.717) is 14.3 Å². The quantitative estimate of drug-likeness (QED) is 0.568. The van der Waals surface area contributed by atoms with E-state index >= 15 is 0 Å². The largest absolute Gasteiger partial charge is 0.508 e. The lowest BCUT2D eigenvalue weighted by Crippen LogP contribution is -2.26. The molecule has 26 heavy (non-hydrogen) atoms. The first kappa shape index (κ1) is 20.9. The van der Waals surface area contributed by atoms with Crippen LogP contribution in [0.2, 0.25) is 0 Å². The Balaban J connectivity index is 2.54. The second kappa shape index (κ2) is 9.53. The van der Waals surface area contributed by atoms with Crippen LogP contribution in [-0.2, 0) is 11.7 Å². The van der Waals surface area contributed by atoms with Gasteiger partial charge in [-0.3, -0.25) is 0 Å². The summed E-state index contributed by atoms with van der Waals surface area (Å²) in [6, 6.07) is 12.7. The molecule has 2 rings (SSSR count). The van der Waals surface area contributed by atoms with Gasteiger partial charge in [-0.05, 0) is 55.7 Å². The van der Waals surface area contributed by atoms with Crippen molar-refractivity contribution in [2.24, 2.45) is 0 Å². The Labute approximate surface area is 161 Å². The molecule has 0 saturated heterocycles. The van der Waals surface area contributed by atoms with E-state index in [1.807, 2.05) is 12.1 Å². The molecule has 0 aliphatic heterocycles. The van der Waals surface area contributed by atoms with Crippen molar-refractivity contribution in [1.29, 1.82) is 0 Å². The fraction of sp³-hybridized carbons (Fsp3) is 0.478. The highest BCUT2D eigenvalue weighted by Crippen LogP contribution is 2.51. The molecule has 0 aliphatic rings. The Bertz CT molecular complexity index is 728. The van der Waals surface area contributed by atoms with Gasteiger partial charge in [-0.15, -0.1) is 0 Å². The van der Waals surface area contributed by atoms with Crippen molar-refractivity contribution in [3.63, 3.8) is 0 Å². The molecule has 0 aliphatic carbocycles. The zero-order chi connectivity index (χ0) is 19.2. The van der Waals surface area contributed by atoms with Crippen LogP contribution in [-0.4, -0.2) is 11.7 Å². The highest BCUT2D eigenvalue weighted by molar-refractivity contribution is 7.48. The summed E-state index contributed by atoms with van der Waals surface area (Å²) in [5.41, 5.74) is 5.10. The summed E-state index contributed by atoms with van der Waals surface area (Å²) in [5.74, 6) is 0.445. The fourth-order valence-electron chi connectivity index (χ4n) is 3.73. The molecular formula is C23H34NOP. The van der Waals surface area contributed by atoms with Crippen LogP contribution in [0.25, 0.3) is 0 Å². The Morgan fingerprint density at radius 2 is 1.85 bits per heavy atom. The first-order valence-electron chi connectivity index (χ1n) is 9.84. The first-order valence-corrected chi connectivity index (χ1v) is 10.8. The smallest absolute Gasteiger partial charge is 0.119 e. The number of phenolic OH excluding ortho intramolecular Hbond substituents is 1. The average Bonchev–Trinajstić information content (AvgIpc) is 2.63. The van der Waals surface area contributed by atoms with E-state index in [-0.39, 0.29) is 5.16 Å². The number of phenols is 1. The van der Waals surface area contributed by atoms with Crippen molar-refractivity contribution in [2.45, 2.75) is 65.6 Å². The maximum atomic E-state index is 10.7. The molecule has 2 aromatic rings. The molecule has 0 saturated carbocycles. The zero-order valence-electron chi connectivity index (χ0n) is 16.9. The highest BCUT2D eigenvalue weighted by atomic mass is 31.1. The number of hydrogen-bond donors (Lipinski definition) is 2. The molecule has 0 spiro atoms. The van der Waals surface area contributed by atoms with E-state index in [2.05, 4.69) is 64.2 Å². The Kier molecular flexibility index (Phi) is 7.68. The molecule has 0 heterocycles. The monoisotopic (exact) mass is 371 g/mol. The van der Waals surface area contributed by atoms with E-state index < -0.39 is 0 Å². The van der Waals surface area contributed by atoms with E-state index in [4.69, 9.17) is 0 Å². The number of aryl methyl sites for hydroxylation is 2. The van der Waals surface area contributed by atoms with Crippen LogP contribution in [0, 0.1) is 13.8 Å². The van der Waals surface area contributed by atoms with Gasteiger partial charge in [0.05, 0.1) is 0 Å². The molecule has 142 valence electrons. The van der Waals surface area contributed by atoms with Crippen LogP contribution in [0.4, 0.5) is 0 Å². The number of aromatic hydroxyl groups is 1. The van der Waals surface area contributed by atoms with Crippen molar-refractivity contribution in [3.05, 3.63) is 58.7 Å². The van der Waals surface area contributed by atoms with Gasteiger partial charge in [0, 0.05) is 17.3 Å². The summed E-state index contributed by atoms with van der Waals surface area (Å²) in [6.45, 7) is 12.9. The van der Waals surface area contributed by atoms with Crippen LogP contribution in [0.1, 0.15) is 62.3 Å². The van der Waals surface area contributed by atoms with Crippen molar-refractivity contribution < 1.29 is 5.11 Å². The summed E-state index contributed by atoms with van der Waals surface area (Å²) < 4.78 is 0. The Hall–Kier alpha value is -1.37. The minimum Gasteiger partial charge on any atom is -0.508 e. The highest BCUT2D eigenvalue weighted by Gasteiger charge is 2.33. The molecule has 0 fully saturated rings. The lowest BCUT2D eigenvalue weighted by Gasteiger charge is -2.35. The van der Waals surface area contributed by atoms with E-state index in [9.17, 15) is 5.11 Å². The van der Waals surface area contributed by atoms with Crippen molar-refractivity contribution in [3.8, 4) is 5.75 Å². The van der Waals surface area contributed by atoms with Gasteiger partial charge < -0.3 is 10.4 Å². The fourth-order valence-corrected chi connectivity index (χ4v) is 5.71. The summed E-state index contributed by atoms with van der Waals surface area (Å²) in [4.78, 5) is 0. The molecule has 2 atom stereocenters. The predicted molar refractivity (Wildman–Crippen MR) is 116 cm³/mol. The molecule has 0 bridgehead atoms. The SMILES string of the molecule is CCCC(CC)(Pc1c(C)cccc1CNCC)c1cc(C)ccc1O. The Morgan fingerprint density at radius 1 is 1.08 bits per heavy atom. The molecule has 2 unspecified atom stereocenters. The molecule has 0 radical (unpaired) electrons. The molecular weight excluding hydrogens is 337 g/mol. The third-order valence-corrected chi connectivity index (χ3v) is 7.55. The Morgan fingerprint density at radius 3 is 2.50 bits per heavy atom. The molecule has 2 nitrogen and oxygen atoms in total. The molecule has 3 heteroatoms. The normalized spacial score (nSPS) is 14.0. The van der Waals surface area contributed by atoms with Crippen LogP contribution in [0.5, 0.6) is 5.75 Å². The van der Waals surface area contributed by atoms with Crippen molar-refractivity contribution in [1.82, 2.24) is 5.32 Å². The van der Waals surface area contributed by atoms with Gasteiger partial charge in [0.15, 0.2) is 0 Å². The van der Waals surface area contributed by atoms with Gasteiger partial charge in [-0.25, -0.2) is 0 Å². The number of benzene rings is 2. The van der Waals surface area contributed by atoms with Gasteiger partial charge in [0.1, 0.15) is 5.75 Å². The summed E-state index contributed by atoms with van der Waals surface area (Å²) in [5, 5.41) is 15.6. The number of rotatable bonds is 9. The van der Waals surface area contributed by atoms with Crippen molar-refractivity contribution in [2.75, 3.05) is 6.54 Å². The third-order valence-electron chi connectivity index (χ3n) is 5.24. The second-order valence-electron chi connectivity index (χ2n) is 7.22. The zero-order valence-corrected chi connectivity index (χ0v) is 17.9. The summed E-state index contributed by atoms with van der Waals surface area (Å²) >= 11 is 0. The lowest BCUT2D eigenvalue weighted by molar-refractivity contribution is 0.442. The third kappa shape index (κ3) is 4.67. The van der Waals surface area contributed by atoms with Crippen molar-refractivity contribution >= 4 is 13.9 Å². The van der Waals surface area contributed by atoms with Crippen LogP contribution in [0.15, 0.2) is 36.4 Å². The average molecular weight is 372 g/mol. The number of nitrogens with one attached hydrogen (secondary N) is 1. The minimum atomic E-state index is -0.00205. The maximum absolute atomic E-state index is 10.7. The second-order valence-corrected chi connectivity index (χ2v) is 8.93. The molecule has 0 aromatic heterocycles. The van der Waals surface area contributed by atoms with E-state index in [0.717, 1.165) is 37.9 Å². The predicted octanol–water partition coefficient (Wildman–Crippen LogP) is 5.53. The summed E-state index contributed by atoms with van der Waals surface area (Å²) in [6.07, 6.45) is 3.24. The van der Waals surface area contributed by atoms with Gasteiger partial charge in [0.2, 0.25) is 0 Å². The van der Waals surface area contributed by atoms with E-state index in [1.165, 1.54) is 22.0 Å². The molecule has 2 aromatic carbocycles. The van der Waals surface area contributed by atoms with Crippen LogP contribution in [0.3, 0.4) is 0 Å². The van der Waals surface area contributed by atoms with Gasteiger partial charge in [0.25, 0.3) is 0 Å².